The molecule has 0 bridgehead atoms. The van der Waals surface area contributed by atoms with Crippen molar-refractivity contribution in [3.8, 4) is 5.75 Å². The van der Waals surface area contributed by atoms with Crippen molar-refractivity contribution in [2.24, 2.45) is 21.5 Å². The number of amides is 2. The van der Waals surface area contributed by atoms with Crippen molar-refractivity contribution in [3.63, 3.8) is 0 Å². The van der Waals surface area contributed by atoms with Gasteiger partial charge < -0.3 is 15.4 Å². The average Bonchev–Trinajstić information content (AvgIpc) is 2.98. The lowest BCUT2D eigenvalue weighted by molar-refractivity contribution is -0.122. The molecule has 1 saturated carbocycles. The molecule has 29 heavy (non-hydrogen) atoms. The smallest absolute Gasteiger partial charge is 0.240 e. The van der Waals surface area contributed by atoms with Gasteiger partial charge >= 0.3 is 0 Å². The van der Waals surface area contributed by atoms with Crippen LogP contribution in [0.2, 0.25) is 0 Å². The Morgan fingerprint density at radius 3 is 2.69 bits per heavy atom. The van der Waals surface area contributed by atoms with Gasteiger partial charge in [-0.3, -0.25) is 9.59 Å². The Labute approximate surface area is 175 Å². The van der Waals surface area contributed by atoms with Crippen molar-refractivity contribution in [2.45, 2.75) is 51.7 Å². The molecule has 7 nitrogen and oxygen atoms in total. The van der Waals surface area contributed by atoms with Crippen LogP contribution in [0, 0.1) is 11.3 Å². The van der Waals surface area contributed by atoms with Crippen molar-refractivity contribution in [1.82, 2.24) is 5.32 Å². The number of nitrogens with one attached hydrogen (secondary N) is 2. The first-order valence-corrected chi connectivity index (χ1v) is 10.7. The molecule has 2 aliphatic rings. The molecular formula is C21H28N4O3S. The number of thioether (sulfide) groups is 1. The lowest BCUT2D eigenvalue weighted by Gasteiger charge is -2.34. The first kappa shape index (κ1) is 21.4. The first-order chi connectivity index (χ1) is 13.7. The highest BCUT2D eigenvalue weighted by molar-refractivity contribution is 8.15. The molecule has 2 unspecified atom stereocenters. The van der Waals surface area contributed by atoms with Crippen molar-refractivity contribution >= 4 is 40.1 Å². The van der Waals surface area contributed by atoms with Crippen LogP contribution in [-0.2, 0) is 9.59 Å². The molecule has 1 heterocycles. The summed E-state index contributed by atoms with van der Waals surface area (Å²) in [5.41, 5.74) is 1.95. The topological polar surface area (TPSA) is 92.2 Å². The zero-order chi connectivity index (χ0) is 21.0. The number of hydrogen-bond donors (Lipinski definition) is 2. The monoisotopic (exact) mass is 416 g/mol. The minimum Gasteiger partial charge on any atom is -0.497 e. The van der Waals surface area contributed by atoms with E-state index < -0.39 is 5.25 Å². The highest BCUT2D eigenvalue weighted by atomic mass is 32.2. The number of hydrogen-bond acceptors (Lipinski definition) is 6. The molecule has 2 amide bonds. The fourth-order valence-electron chi connectivity index (χ4n) is 3.95. The van der Waals surface area contributed by atoms with Crippen molar-refractivity contribution in [2.75, 3.05) is 12.4 Å². The molecule has 8 heteroatoms. The molecule has 1 aromatic carbocycles. The molecule has 2 N–H and O–H groups in total. The maximum atomic E-state index is 12.3. The maximum absolute atomic E-state index is 12.3. The number of anilines is 1. The van der Waals surface area contributed by atoms with Crippen LogP contribution in [0.1, 0.15) is 46.5 Å². The number of nitrogens with zero attached hydrogens (tertiary/aromatic N) is 2. The number of benzene rings is 1. The third-order valence-corrected chi connectivity index (χ3v) is 6.04. The van der Waals surface area contributed by atoms with Crippen LogP contribution in [0.25, 0.3) is 0 Å². The summed E-state index contributed by atoms with van der Waals surface area (Å²) in [6, 6.07) is 7.05. The summed E-state index contributed by atoms with van der Waals surface area (Å²) in [4.78, 5) is 24.5. The lowest BCUT2D eigenvalue weighted by atomic mass is 9.72. The van der Waals surface area contributed by atoms with Gasteiger partial charge in [0, 0.05) is 17.8 Å². The van der Waals surface area contributed by atoms with Gasteiger partial charge in [0.1, 0.15) is 11.0 Å². The van der Waals surface area contributed by atoms with Crippen molar-refractivity contribution in [3.05, 3.63) is 24.3 Å². The molecule has 1 aromatic rings. The zero-order valence-electron chi connectivity index (χ0n) is 17.3. The normalized spacial score (nSPS) is 26.4. The quantitative estimate of drug-likeness (QED) is 0.714. The highest BCUT2D eigenvalue weighted by Gasteiger charge is 2.33. The number of methoxy groups -OCH3 is 1. The Kier molecular flexibility index (Phi) is 6.62. The van der Waals surface area contributed by atoms with E-state index in [2.05, 4.69) is 41.6 Å². The zero-order valence-corrected chi connectivity index (χ0v) is 18.1. The van der Waals surface area contributed by atoms with Gasteiger partial charge in [0.05, 0.1) is 7.11 Å². The van der Waals surface area contributed by atoms with Gasteiger partial charge in [0.25, 0.3) is 0 Å². The molecule has 0 aromatic heterocycles. The summed E-state index contributed by atoms with van der Waals surface area (Å²) in [6.45, 7) is 6.72. The standard InChI is InChI=1S/C21H28N4O3S/c1-13-9-15(12-21(2,3)11-13)24-25-20-23-19(27)17(29-20)10-18(26)22-14-5-7-16(28-4)8-6-14/h5-8,13,17H,9-12H2,1-4H3,(H,22,26)(H,23,25,27). The molecule has 2 atom stereocenters. The summed E-state index contributed by atoms with van der Waals surface area (Å²) < 4.78 is 5.10. The second-order valence-corrected chi connectivity index (χ2v) is 9.69. The average molecular weight is 417 g/mol. The third kappa shape index (κ3) is 6.06. The van der Waals surface area contributed by atoms with Gasteiger partial charge in [0.15, 0.2) is 5.17 Å². The van der Waals surface area contributed by atoms with Crippen LogP contribution in [0.3, 0.4) is 0 Å². The van der Waals surface area contributed by atoms with E-state index in [1.165, 1.54) is 18.2 Å². The van der Waals surface area contributed by atoms with E-state index in [0.29, 0.717) is 22.5 Å². The molecular weight excluding hydrogens is 388 g/mol. The summed E-state index contributed by atoms with van der Waals surface area (Å²) in [6.07, 6.45) is 3.11. The Hall–Kier alpha value is -2.35. The van der Waals surface area contributed by atoms with Gasteiger partial charge in [-0.05, 0) is 54.9 Å². The summed E-state index contributed by atoms with van der Waals surface area (Å²) in [7, 11) is 1.59. The van der Waals surface area contributed by atoms with Crippen molar-refractivity contribution < 1.29 is 14.3 Å². The third-order valence-electron chi connectivity index (χ3n) is 4.97. The van der Waals surface area contributed by atoms with E-state index in [-0.39, 0.29) is 23.7 Å². The maximum Gasteiger partial charge on any atom is 0.240 e. The SMILES string of the molecule is COc1ccc(NC(=O)CC2SC(=NN=C3CC(C)CC(C)(C)C3)NC2=O)cc1. The summed E-state index contributed by atoms with van der Waals surface area (Å²) in [5.74, 6) is 0.860. The molecule has 1 saturated heterocycles. The molecule has 0 radical (unpaired) electrons. The predicted octanol–water partition coefficient (Wildman–Crippen LogP) is 3.81. The van der Waals surface area contributed by atoms with Gasteiger partial charge in [0.2, 0.25) is 11.8 Å². The van der Waals surface area contributed by atoms with Gasteiger partial charge in [-0.1, -0.05) is 32.5 Å². The Morgan fingerprint density at radius 1 is 1.31 bits per heavy atom. The first-order valence-electron chi connectivity index (χ1n) is 9.79. The van der Waals surface area contributed by atoms with Gasteiger partial charge in [-0.15, -0.1) is 5.10 Å². The van der Waals surface area contributed by atoms with Crippen LogP contribution < -0.4 is 15.4 Å². The lowest BCUT2D eigenvalue weighted by Crippen LogP contribution is -2.28. The molecule has 3 rings (SSSR count). The Morgan fingerprint density at radius 2 is 2.03 bits per heavy atom. The molecule has 0 spiro atoms. The van der Waals surface area contributed by atoms with E-state index in [9.17, 15) is 9.59 Å². The summed E-state index contributed by atoms with van der Waals surface area (Å²) in [5, 5.41) is 14.1. The van der Waals surface area contributed by atoms with Crippen LogP contribution >= 0.6 is 11.8 Å². The molecule has 1 aliphatic carbocycles. The van der Waals surface area contributed by atoms with Crippen LogP contribution in [-0.4, -0.2) is 35.1 Å². The van der Waals surface area contributed by atoms with Gasteiger partial charge in [-0.2, -0.15) is 5.10 Å². The minimum atomic E-state index is -0.506. The van der Waals surface area contributed by atoms with Crippen LogP contribution in [0.4, 0.5) is 5.69 Å². The fraction of sp³-hybridized carbons (Fsp3) is 0.524. The molecule has 2 fully saturated rings. The van der Waals surface area contributed by atoms with E-state index >= 15 is 0 Å². The number of amidine groups is 1. The highest BCUT2D eigenvalue weighted by Crippen LogP contribution is 2.37. The van der Waals surface area contributed by atoms with Gasteiger partial charge in [-0.25, -0.2) is 0 Å². The number of rotatable bonds is 5. The van der Waals surface area contributed by atoms with E-state index in [1.807, 2.05) is 0 Å². The number of carbonyl (C=O) groups excluding carboxylic acids is 2. The largest absolute Gasteiger partial charge is 0.497 e. The van der Waals surface area contributed by atoms with Crippen molar-refractivity contribution in [1.29, 1.82) is 0 Å². The van der Waals surface area contributed by atoms with Crippen LogP contribution in [0.5, 0.6) is 5.75 Å². The molecule has 1 aliphatic heterocycles. The van der Waals surface area contributed by atoms with E-state index in [4.69, 9.17) is 4.74 Å². The minimum absolute atomic E-state index is 0.0716. The van der Waals surface area contributed by atoms with Crippen LogP contribution in [0.15, 0.2) is 34.5 Å². The predicted molar refractivity (Wildman–Crippen MR) is 117 cm³/mol. The Balaban J connectivity index is 1.56. The molecule has 156 valence electrons. The second-order valence-electron chi connectivity index (χ2n) is 8.50. The Bertz CT molecular complexity index is 833. The fourth-order valence-corrected chi connectivity index (χ4v) is 4.87. The number of carbonyl (C=O) groups is 2. The van der Waals surface area contributed by atoms with E-state index in [0.717, 1.165) is 18.6 Å². The van der Waals surface area contributed by atoms with E-state index in [1.54, 1.807) is 31.4 Å². The second kappa shape index (κ2) is 8.98. The number of ether oxygens (including phenoxy) is 1. The summed E-state index contributed by atoms with van der Waals surface area (Å²) >= 11 is 1.25.